The fourth-order valence-corrected chi connectivity index (χ4v) is 3.37. The Bertz CT molecular complexity index is 567. The number of dihydropyridines is 1. The summed E-state index contributed by atoms with van der Waals surface area (Å²) in [6, 6.07) is 2.54. The van der Waals surface area contributed by atoms with Crippen molar-refractivity contribution in [1.29, 1.82) is 5.26 Å². The van der Waals surface area contributed by atoms with E-state index < -0.39 is 0 Å². The van der Waals surface area contributed by atoms with Gasteiger partial charge < -0.3 is 14.6 Å². The maximum atomic E-state index is 9.68. The second-order valence-corrected chi connectivity index (χ2v) is 7.78. The largest absolute Gasteiger partial charge is 0.492 e. The van der Waals surface area contributed by atoms with Gasteiger partial charge in [-0.2, -0.15) is 5.26 Å². The van der Waals surface area contributed by atoms with E-state index in [0.29, 0.717) is 6.54 Å². The summed E-state index contributed by atoms with van der Waals surface area (Å²) in [6.07, 6.45) is 4.59. The summed E-state index contributed by atoms with van der Waals surface area (Å²) in [6.45, 7) is 10.6. The van der Waals surface area contributed by atoms with E-state index in [2.05, 4.69) is 45.2 Å². The Balaban J connectivity index is 1.70. The van der Waals surface area contributed by atoms with Crippen molar-refractivity contribution in [3.63, 3.8) is 0 Å². The molecule has 0 atom stereocenters. The Kier molecular flexibility index (Phi) is 4.16. The van der Waals surface area contributed by atoms with E-state index in [0.717, 1.165) is 43.5 Å². The highest BCUT2D eigenvalue weighted by atomic mass is 16.7. The summed E-state index contributed by atoms with van der Waals surface area (Å²) in [5.74, 6) is 0. The van der Waals surface area contributed by atoms with Crippen molar-refractivity contribution in [2.45, 2.75) is 58.2 Å². The molecule has 0 aromatic carbocycles. The SMILES string of the molecule is CC1(C)OB(C2=CCC(C3(C#N)CCNCC3)=NC2)OC1(C)C. The molecule has 0 unspecified atom stereocenters. The molecule has 2 fully saturated rings. The van der Waals surface area contributed by atoms with E-state index in [1.807, 2.05) is 0 Å². The topological polar surface area (TPSA) is 66.6 Å². The third-order valence-electron chi connectivity index (χ3n) is 5.79. The molecule has 0 spiro atoms. The number of aliphatic imine (C=N–C) groups is 1. The Morgan fingerprint density at radius 1 is 1.17 bits per heavy atom. The summed E-state index contributed by atoms with van der Waals surface area (Å²) in [4.78, 5) is 4.76. The first kappa shape index (κ1) is 16.7. The number of nitrogens with one attached hydrogen (secondary N) is 1. The van der Waals surface area contributed by atoms with E-state index in [1.165, 1.54) is 0 Å². The van der Waals surface area contributed by atoms with E-state index in [9.17, 15) is 5.26 Å². The highest BCUT2D eigenvalue weighted by Crippen LogP contribution is 2.40. The van der Waals surface area contributed by atoms with Crippen molar-refractivity contribution in [2.24, 2.45) is 10.4 Å². The molecule has 3 aliphatic rings. The van der Waals surface area contributed by atoms with Gasteiger partial charge in [-0.05, 0) is 59.1 Å². The summed E-state index contributed by atoms with van der Waals surface area (Å²) in [5, 5.41) is 13.0. The Morgan fingerprint density at radius 2 is 1.78 bits per heavy atom. The van der Waals surface area contributed by atoms with Crippen LogP contribution in [0.3, 0.4) is 0 Å². The van der Waals surface area contributed by atoms with Gasteiger partial charge in [0.1, 0.15) is 0 Å². The normalized spacial score (nSPS) is 28.7. The molecule has 3 rings (SSSR count). The summed E-state index contributed by atoms with van der Waals surface area (Å²) >= 11 is 0. The Labute approximate surface area is 139 Å². The van der Waals surface area contributed by atoms with Gasteiger partial charge in [-0.25, -0.2) is 0 Å². The zero-order chi connectivity index (χ0) is 16.7. The average molecular weight is 315 g/mol. The standard InChI is InChI=1S/C17H26BN3O2/c1-15(2)16(3,4)23-18(22-15)13-5-6-14(21-11-13)17(12-19)7-9-20-10-8-17/h5,20H,6-11H2,1-4H3. The summed E-state index contributed by atoms with van der Waals surface area (Å²) in [7, 11) is -0.323. The maximum absolute atomic E-state index is 9.68. The fraction of sp³-hybridized carbons (Fsp3) is 0.765. The lowest BCUT2D eigenvalue weighted by molar-refractivity contribution is 0.00578. The first-order valence-corrected chi connectivity index (χ1v) is 8.50. The van der Waals surface area contributed by atoms with Crippen LogP contribution in [0.5, 0.6) is 0 Å². The van der Waals surface area contributed by atoms with E-state index in [4.69, 9.17) is 14.3 Å². The van der Waals surface area contributed by atoms with Crippen LogP contribution < -0.4 is 5.32 Å². The fourth-order valence-electron chi connectivity index (χ4n) is 3.37. The number of hydrogen-bond acceptors (Lipinski definition) is 5. The molecule has 0 aliphatic carbocycles. The van der Waals surface area contributed by atoms with Crippen molar-refractivity contribution in [3.8, 4) is 6.07 Å². The molecule has 23 heavy (non-hydrogen) atoms. The minimum absolute atomic E-state index is 0.323. The van der Waals surface area contributed by atoms with Gasteiger partial charge in [-0.3, -0.25) is 4.99 Å². The van der Waals surface area contributed by atoms with Gasteiger partial charge >= 0.3 is 7.12 Å². The molecule has 5 nitrogen and oxygen atoms in total. The summed E-state index contributed by atoms with van der Waals surface area (Å²) in [5.41, 5.74) is 1.07. The predicted octanol–water partition coefficient (Wildman–Crippen LogP) is 2.28. The second kappa shape index (κ2) is 5.73. The number of nitrogens with zero attached hydrogens (tertiary/aromatic N) is 2. The molecule has 3 heterocycles. The van der Waals surface area contributed by atoms with E-state index in [1.54, 1.807) is 0 Å². The molecule has 0 aromatic heterocycles. The highest BCUT2D eigenvalue weighted by Gasteiger charge is 2.52. The molecule has 0 saturated carbocycles. The molecule has 0 bridgehead atoms. The van der Waals surface area contributed by atoms with Crippen molar-refractivity contribution in [1.82, 2.24) is 5.32 Å². The van der Waals surface area contributed by atoms with Gasteiger partial charge in [0.25, 0.3) is 0 Å². The second-order valence-electron chi connectivity index (χ2n) is 7.78. The van der Waals surface area contributed by atoms with Crippen LogP contribution in [0.2, 0.25) is 0 Å². The molecule has 124 valence electrons. The third-order valence-corrected chi connectivity index (χ3v) is 5.79. The van der Waals surface area contributed by atoms with Crippen molar-refractivity contribution >= 4 is 12.8 Å². The van der Waals surface area contributed by atoms with Crippen LogP contribution in [0, 0.1) is 16.7 Å². The van der Waals surface area contributed by atoms with Crippen molar-refractivity contribution in [2.75, 3.05) is 19.6 Å². The zero-order valence-electron chi connectivity index (χ0n) is 14.6. The van der Waals surface area contributed by atoms with Crippen LogP contribution in [-0.4, -0.2) is 43.7 Å². The molecule has 3 aliphatic heterocycles. The summed E-state index contributed by atoms with van der Waals surface area (Å²) < 4.78 is 12.2. The van der Waals surface area contributed by atoms with Crippen LogP contribution in [0.25, 0.3) is 0 Å². The quantitative estimate of drug-likeness (QED) is 0.794. The molecule has 6 heteroatoms. The van der Waals surface area contributed by atoms with Crippen LogP contribution in [-0.2, 0) is 9.31 Å². The molecule has 0 radical (unpaired) electrons. The average Bonchev–Trinajstić information content (AvgIpc) is 2.76. The van der Waals surface area contributed by atoms with Crippen molar-refractivity contribution in [3.05, 3.63) is 11.5 Å². The molecule has 0 aromatic rings. The lowest BCUT2D eigenvalue weighted by atomic mass is 9.71. The highest BCUT2D eigenvalue weighted by molar-refractivity contribution is 6.55. The first-order valence-electron chi connectivity index (χ1n) is 8.50. The maximum Gasteiger partial charge on any atom is 0.492 e. The van der Waals surface area contributed by atoms with Crippen LogP contribution >= 0.6 is 0 Å². The minimum atomic E-state index is -0.386. The monoisotopic (exact) mass is 315 g/mol. The number of allylic oxidation sites excluding steroid dienone is 1. The van der Waals surface area contributed by atoms with Crippen molar-refractivity contribution < 1.29 is 9.31 Å². The number of rotatable bonds is 2. The molecule has 2 saturated heterocycles. The smallest absolute Gasteiger partial charge is 0.400 e. The molecule has 0 amide bonds. The molecule has 1 N–H and O–H groups in total. The molecular weight excluding hydrogens is 289 g/mol. The molecular formula is C17H26BN3O2. The van der Waals surface area contributed by atoms with Gasteiger partial charge in [0.2, 0.25) is 0 Å². The lowest BCUT2D eigenvalue weighted by Crippen LogP contribution is -2.42. The van der Waals surface area contributed by atoms with Crippen LogP contribution in [0.4, 0.5) is 0 Å². The number of hydrogen-bond donors (Lipinski definition) is 1. The Morgan fingerprint density at radius 3 is 2.26 bits per heavy atom. The van der Waals surface area contributed by atoms with Gasteiger partial charge in [-0.15, -0.1) is 0 Å². The van der Waals surface area contributed by atoms with Crippen LogP contribution in [0.15, 0.2) is 16.5 Å². The lowest BCUT2D eigenvalue weighted by Gasteiger charge is -2.33. The number of piperidine rings is 1. The van der Waals surface area contributed by atoms with Gasteiger partial charge in [-0.1, -0.05) is 6.08 Å². The third kappa shape index (κ3) is 2.86. The zero-order valence-corrected chi connectivity index (χ0v) is 14.6. The van der Waals surface area contributed by atoms with Gasteiger partial charge in [0.05, 0.1) is 29.2 Å². The Hall–Kier alpha value is -1.16. The predicted molar refractivity (Wildman–Crippen MR) is 91.2 cm³/mol. The van der Waals surface area contributed by atoms with Crippen LogP contribution in [0.1, 0.15) is 47.0 Å². The van der Waals surface area contributed by atoms with E-state index in [-0.39, 0.29) is 23.7 Å². The minimum Gasteiger partial charge on any atom is -0.400 e. The number of nitriles is 1. The first-order chi connectivity index (χ1) is 10.8. The van der Waals surface area contributed by atoms with E-state index >= 15 is 0 Å². The van der Waals surface area contributed by atoms with Gasteiger partial charge in [0.15, 0.2) is 0 Å². The van der Waals surface area contributed by atoms with Gasteiger partial charge in [0, 0.05) is 12.1 Å².